The van der Waals surface area contributed by atoms with Crippen LogP contribution < -0.4 is 4.74 Å². The van der Waals surface area contributed by atoms with E-state index in [0.717, 1.165) is 12.3 Å². The van der Waals surface area contributed by atoms with E-state index in [4.69, 9.17) is 14.6 Å². The molecule has 1 aromatic heterocycles. The predicted molar refractivity (Wildman–Crippen MR) is 71.5 cm³/mol. The SMILES string of the molecule is CC1CC(Oc2cc(C(=O)O)c([N+](=O)[O-])cn2)CC(C)O1. The molecule has 8 nitrogen and oxygen atoms in total. The molecule has 2 atom stereocenters. The van der Waals surface area contributed by atoms with Gasteiger partial charge in [0.15, 0.2) is 0 Å². The van der Waals surface area contributed by atoms with Gasteiger partial charge in [0.1, 0.15) is 17.9 Å². The van der Waals surface area contributed by atoms with E-state index in [2.05, 4.69) is 4.98 Å². The highest BCUT2D eigenvalue weighted by Gasteiger charge is 2.27. The summed E-state index contributed by atoms with van der Waals surface area (Å²) in [7, 11) is 0. The van der Waals surface area contributed by atoms with Gasteiger partial charge in [0.05, 0.1) is 17.1 Å². The first-order chi connectivity index (χ1) is 9.86. The zero-order valence-electron chi connectivity index (χ0n) is 11.7. The quantitative estimate of drug-likeness (QED) is 0.668. The third-order valence-electron chi connectivity index (χ3n) is 3.23. The lowest BCUT2D eigenvalue weighted by atomic mass is 10.0. The molecule has 0 spiro atoms. The van der Waals surface area contributed by atoms with Crippen LogP contribution in [0.2, 0.25) is 0 Å². The maximum Gasteiger partial charge on any atom is 0.342 e. The molecular weight excluding hydrogens is 280 g/mol. The van der Waals surface area contributed by atoms with Gasteiger partial charge in [-0.3, -0.25) is 10.1 Å². The molecule has 2 rings (SSSR count). The number of aromatic carboxylic acids is 1. The van der Waals surface area contributed by atoms with Crippen LogP contribution >= 0.6 is 0 Å². The summed E-state index contributed by atoms with van der Waals surface area (Å²) in [4.78, 5) is 24.9. The zero-order valence-corrected chi connectivity index (χ0v) is 11.7. The minimum Gasteiger partial charge on any atom is -0.477 e. The lowest BCUT2D eigenvalue weighted by Crippen LogP contribution is -2.35. The van der Waals surface area contributed by atoms with Crippen molar-refractivity contribution in [3.05, 3.63) is 27.9 Å². The van der Waals surface area contributed by atoms with Gasteiger partial charge in [-0.15, -0.1) is 0 Å². The Balaban J connectivity index is 2.19. The number of pyridine rings is 1. The third-order valence-corrected chi connectivity index (χ3v) is 3.23. The Morgan fingerprint density at radius 2 is 2.10 bits per heavy atom. The number of carboxylic acid groups (broad SMARTS) is 1. The Bertz CT molecular complexity index is 552. The van der Waals surface area contributed by atoms with E-state index in [-0.39, 0.29) is 24.2 Å². The lowest BCUT2D eigenvalue weighted by molar-refractivity contribution is -0.385. The van der Waals surface area contributed by atoms with Crippen molar-refractivity contribution in [2.24, 2.45) is 0 Å². The molecule has 0 saturated carbocycles. The Hall–Kier alpha value is -2.22. The van der Waals surface area contributed by atoms with Crippen molar-refractivity contribution in [3.8, 4) is 5.88 Å². The van der Waals surface area contributed by atoms with Crippen molar-refractivity contribution in [3.63, 3.8) is 0 Å². The first kappa shape index (κ1) is 15.2. The number of rotatable bonds is 4. The summed E-state index contributed by atoms with van der Waals surface area (Å²) in [5, 5.41) is 19.8. The lowest BCUT2D eigenvalue weighted by Gasteiger charge is -2.31. The summed E-state index contributed by atoms with van der Waals surface area (Å²) in [5.74, 6) is -1.31. The summed E-state index contributed by atoms with van der Waals surface area (Å²) in [5.41, 5.74) is -0.985. The van der Waals surface area contributed by atoms with Crippen LogP contribution in [0.4, 0.5) is 5.69 Å². The van der Waals surface area contributed by atoms with Gasteiger partial charge in [-0.2, -0.15) is 0 Å². The number of hydrogen-bond acceptors (Lipinski definition) is 6. The second-order valence-corrected chi connectivity index (χ2v) is 5.07. The molecule has 0 aromatic carbocycles. The van der Waals surface area contributed by atoms with E-state index >= 15 is 0 Å². The molecule has 1 aliphatic rings. The van der Waals surface area contributed by atoms with Gasteiger partial charge in [-0.25, -0.2) is 9.78 Å². The molecule has 2 unspecified atom stereocenters. The molecule has 8 heteroatoms. The Kier molecular flexibility index (Phi) is 4.37. The highest BCUT2D eigenvalue weighted by Crippen LogP contribution is 2.26. The fourth-order valence-electron chi connectivity index (χ4n) is 2.42. The zero-order chi connectivity index (χ0) is 15.6. The minimum atomic E-state index is -1.39. The third kappa shape index (κ3) is 3.66. The Morgan fingerprint density at radius 1 is 1.48 bits per heavy atom. The number of carbonyl (C=O) groups is 1. The van der Waals surface area contributed by atoms with Gasteiger partial charge in [0.25, 0.3) is 0 Å². The molecule has 2 heterocycles. The molecule has 0 amide bonds. The van der Waals surface area contributed by atoms with Gasteiger partial charge >= 0.3 is 11.7 Å². The van der Waals surface area contributed by atoms with E-state index in [0.29, 0.717) is 12.8 Å². The molecule has 1 fully saturated rings. The molecule has 1 saturated heterocycles. The summed E-state index contributed by atoms with van der Waals surface area (Å²) in [6.45, 7) is 3.86. The predicted octanol–water partition coefficient (Wildman–Crippen LogP) is 2.02. The summed E-state index contributed by atoms with van der Waals surface area (Å²) < 4.78 is 11.2. The van der Waals surface area contributed by atoms with Crippen molar-refractivity contribution in [1.82, 2.24) is 4.98 Å². The van der Waals surface area contributed by atoms with E-state index in [1.54, 1.807) is 0 Å². The molecule has 21 heavy (non-hydrogen) atoms. The normalized spacial score (nSPS) is 25.3. The van der Waals surface area contributed by atoms with Crippen LogP contribution in [0, 0.1) is 10.1 Å². The molecule has 1 N–H and O–H groups in total. The standard InChI is InChI=1S/C13H16N2O6/c1-7-3-9(4-8(2)20-7)21-12-5-10(13(16)17)11(6-14-12)15(18)19/h5-9H,3-4H2,1-2H3,(H,16,17). The van der Waals surface area contributed by atoms with Crippen LogP contribution in [0.1, 0.15) is 37.0 Å². The second kappa shape index (κ2) is 6.04. The fraction of sp³-hybridized carbons (Fsp3) is 0.538. The topological polar surface area (TPSA) is 112 Å². The van der Waals surface area contributed by atoms with Crippen LogP contribution in [0.3, 0.4) is 0 Å². The maximum atomic E-state index is 11.1. The molecular formula is C13H16N2O6. The number of hydrogen-bond donors (Lipinski definition) is 1. The van der Waals surface area contributed by atoms with Crippen molar-refractivity contribution in [2.75, 3.05) is 0 Å². The second-order valence-electron chi connectivity index (χ2n) is 5.07. The van der Waals surface area contributed by atoms with Crippen molar-refractivity contribution in [2.45, 2.75) is 45.0 Å². The van der Waals surface area contributed by atoms with Gasteiger partial charge < -0.3 is 14.6 Å². The monoisotopic (exact) mass is 296 g/mol. The summed E-state index contributed by atoms with van der Waals surface area (Å²) in [6.07, 6.45) is 2.15. The largest absolute Gasteiger partial charge is 0.477 e. The van der Waals surface area contributed by atoms with E-state index < -0.39 is 22.1 Å². The number of carboxylic acids is 1. The molecule has 0 radical (unpaired) electrons. The Morgan fingerprint density at radius 3 is 2.62 bits per heavy atom. The Labute approximate surface area is 120 Å². The first-order valence-electron chi connectivity index (χ1n) is 6.56. The molecule has 114 valence electrons. The number of ether oxygens (including phenoxy) is 2. The average Bonchev–Trinajstić information content (AvgIpc) is 2.36. The molecule has 1 aliphatic heterocycles. The highest BCUT2D eigenvalue weighted by molar-refractivity contribution is 5.92. The first-order valence-corrected chi connectivity index (χ1v) is 6.56. The number of nitrogens with zero attached hydrogens (tertiary/aromatic N) is 2. The smallest absolute Gasteiger partial charge is 0.342 e. The van der Waals surface area contributed by atoms with Crippen LogP contribution in [0.15, 0.2) is 12.3 Å². The van der Waals surface area contributed by atoms with Crippen LogP contribution in [0.25, 0.3) is 0 Å². The van der Waals surface area contributed by atoms with Crippen molar-refractivity contribution in [1.29, 1.82) is 0 Å². The molecule has 1 aromatic rings. The van der Waals surface area contributed by atoms with Crippen molar-refractivity contribution >= 4 is 11.7 Å². The maximum absolute atomic E-state index is 11.1. The van der Waals surface area contributed by atoms with Gasteiger partial charge in [0, 0.05) is 18.9 Å². The van der Waals surface area contributed by atoms with Gasteiger partial charge in [-0.05, 0) is 13.8 Å². The van der Waals surface area contributed by atoms with E-state index in [9.17, 15) is 14.9 Å². The average molecular weight is 296 g/mol. The van der Waals surface area contributed by atoms with Crippen molar-refractivity contribution < 1.29 is 24.3 Å². The fourth-order valence-corrected chi connectivity index (χ4v) is 2.42. The summed E-state index contributed by atoms with van der Waals surface area (Å²) >= 11 is 0. The molecule has 0 aliphatic carbocycles. The van der Waals surface area contributed by atoms with Crippen LogP contribution in [-0.4, -0.2) is 39.3 Å². The van der Waals surface area contributed by atoms with Crippen LogP contribution in [-0.2, 0) is 4.74 Å². The minimum absolute atomic E-state index is 0.0377. The van der Waals surface area contributed by atoms with Gasteiger partial charge in [0.2, 0.25) is 5.88 Å². The van der Waals surface area contributed by atoms with E-state index in [1.807, 2.05) is 13.8 Å². The number of aromatic nitrogens is 1. The summed E-state index contributed by atoms with van der Waals surface area (Å²) in [6, 6.07) is 1.09. The van der Waals surface area contributed by atoms with Crippen LogP contribution in [0.5, 0.6) is 5.88 Å². The van der Waals surface area contributed by atoms with E-state index in [1.165, 1.54) is 0 Å². The van der Waals surface area contributed by atoms with Gasteiger partial charge in [-0.1, -0.05) is 0 Å². The molecule has 0 bridgehead atoms. The number of nitro groups is 1. The highest BCUT2D eigenvalue weighted by atomic mass is 16.6.